The summed E-state index contributed by atoms with van der Waals surface area (Å²) in [6.07, 6.45) is 3.71. The van der Waals surface area contributed by atoms with Gasteiger partial charge < -0.3 is 9.67 Å². The molecule has 6 nitrogen and oxygen atoms in total. The Bertz CT molecular complexity index is 847. The topological polar surface area (TPSA) is 75.4 Å². The first-order valence-corrected chi connectivity index (χ1v) is 11.2. The number of sulfone groups is 1. The van der Waals surface area contributed by atoms with E-state index in [1.807, 2.05) is 48.7 Å². The minimum absolute atomic E-state index is 0.0395. The molecule has 0 unspecified atom stereocenters. The zero-order valence-corrected chi connectivity index (χ0v) is 16.9. The molecule has 3 rings (SSSR count). The average molecular weight is 392 g/mol. The lowest BCUT2D eigenvalue weighted by atomic mass is 10.2. The maximum Gasteiger partial charge on any atom is 0.228 e. The monoisotopic (exact) mass is 391 g/mol. The minimum atomic E-state index is -3.46. The summed E-state index contributed by atoms with van der Waals surface area (Å²) in [6.45, 7) is 5.92. The highest BCUT2D eigenvalue weighted by molar-refractivity contribution is 7.91. The third-order valence-electron chi connectivity index (χ3n) is 4.99. The first-order valence-electron chi connectivity index (χ1n) is 9.56. The predicted molar refractivity (Wildman–Crippen MR) is 105 cm³/mol. The van der Waals surface area contributed by atoms with E-state index in [1.54, 1.807) is 6.20 Å². The maximum atomic E-state index is 12.9. The van der Waals surface area contributed by atoms with E-state index < -0.39 is 9.84 Å². The van der Waals surface area contributed by atoms with Crippen LogP contribution in [0.1, 0.15) is 37.9 Å². The van der Waals surface area contributed by atoms with Gasteiger partial charge in [-0.15, -0.1) is 0 Å². The van der Waals surface area contributed by atoms with E-state index in [1.165, 1.54) is 0 Å². The molecule has 1 atom stereocenters. The van der Waals surface area contributed by atoms with Crippen molar-refractivity contribution >= 4 is 9.84 Å². The van der Waals surface area contributed by atoms with Crippen molar-refractivity contribution in [3.8, 4) is 0 Å². The van der Waals surface area contributed by atoms with E-state index in [0.29, 0.717) is 13.1 Å². The summed E-state index contributed by atoms with van der Waals surface area (Å²) in [6, 6.07) is 9.99. The lowest BCUT2D eigenvalue weighted by Gasteiger charge is -2.23. The summed E-state index contributed by atoms with van der Waals surface area (Å²) in [5, 5.41) is 9.74. The van der Waals surface area contributed by atoms with E-state index >= 15 is 0 Å². The Kier molecular flexibility index (Phi) is 6.34. The molecule has 0 radical (unpaired) electrons. The van der Waals surface area contributed by atoms with Crippen LogP contribution in [0.2, 0.25) is 0 Å². The predicted octanol–water partition coefficient (Wildman–Crippen LogP) is 2.32. The van der Waals surface area contributed by atoms with Gasteiger partial charge in [0.1, 0.15) is 0 Å². The van der Waals surface area contributed by atoms with Gasteiger partial charge in [0.25, 0.3) is 0 Å². The van der Waals surface area contributed by atoms with Crippen molar-refractivity contribution in [2.75, 3.05) is 18.9 Å². The van der Waals surface area contributed by atoms with Crippen LogP contribution in [0.4, 0.5) is 0 Å². The number of hydrogen-bond acceptors (Lipinski definition) is 5. The summed E-state index contributed by atoms with van der Waals surface area (Å²) >= 11 is 0. The van der Waals surface area contributed by atoms with Gasteiger partial charge in [-0.2, -0.15) is 0 Å². The van der Waals surface area contributed by atoms with Crippen LogP contribution in [0.25, 0.3) is 0 Å². The molecule has 0 aliphatic carbocycles. The molecular weight excluding hydrogens is 362 g/mol. The van der Waals surface area contributed by atoms with E-state index in [2.05, 4.69) is 9.88 Å². The summed E-state index contributed by atoms with van der Waals surface area (Å²) in [4.78, 5) is 6.54. The third-order valence-corrected chi connectivity index (χ3v) is 6.98. The number of benzene rings is 1. The Morgan fingerprint density at radius 1 is 1.22 bits per heavy atom. The van der Waals surface area contributed by atoms with E-state index in [4.69, 9.17) is 0 Å². The Morgan fingerprint density at radius 2 is 1.96 bits per heavy atom. The normalized spacial score (nSPS) is 18.4. The fraction of sp³-hybridized carbons (Fsp3) is 0.550. The molecule has 1 N–H and O–H groups in total. The van der Waals surface area contributed by atoms with Crippen LogP contribution in [0.3, 0.4) is 0 Å². The molecule has 0 amide bonds. The summed E-state index contributed by atoms with van der Waals surface area (Å²) in [7, 11) is -3.46. The lowest BCUT2D eigenvalue weighted by molar-refractivity contribution is 0.151. The zero-order chi connectivity index (χ0) is 19.4. The highest BCUT2D eigenvalue weighted by atomic mass is 32.2. The molecule has 0 bridgehead atoms. The van der Waals surface area contributed by atoms with E-state index in [0.717, 1.165) is 30.6 Å². The molecular formula is C20H29N3O3S. The van der Waals surface area contributed by atoms with Gasteiger partial charge in [-0.3, -0.25) is 4.90 Å². The van der Waals surface area contributed by atoms with Crippen molar-refractivity contribution in [3.05, 3.63) is 47.8 Å². The summed E-state index contributed by atoms with van der Waals surface area (Å²) in [5.74, 6) is 0.124. The van der Waals surface area contributed by atoms with Crippen LogP contribution < -0.4 is 0 Å². The van der Waals surface area contributed by atoms with Crippen LogP contribution in [-0.4, -0.2) is 52.9 Å². The zero-order valence-electron chi connectivity index (χ0n) is 16.1. The molecule has 1 saturated heterocycles. The molecule has 0 saturated carbocycles. The number of nitrogens with zero attached hydrogens (tertiary/aromatic N) is 3. The molecule has 7 heteroatoms. The molecule has 1 fully saturated rings. The molecule has 2 aromatic rings. The first kappa shape index (κ1) is 20.0. The second kappa shape index (κ2) is 8.54. The van der Waals surface area contributed by atoms with Crippen LogP contribution in [0.5, 0.6) is 0 Å². The molecule has 0 spiro atoms. The highest BCUT2D eigenvalue weighted by Gasteiger charge is 2.28. The molecule has 27 heavy (non-hydrogen) atoms. The van der Waals surface area contributed by atoms with Crippen molar-refractivity contribution in [1.29, 1.82) is 0 Å². The number of aromatic nitrogens is 2. The van der Waals surface area contributed by atoms with Gasteiger partial charge >= 0.3 is 0 Å². The minimum Gasteiger partial charge on any atom is -0.395 e. The largest absolute Gasteiger partial charge is 0.395 e. The van der Waals surface area contributed by atoms with Crippen molar-refractivity contribution in [3.63, 3.8) is 0 Å². The van der Waals surface area contributed by atoms with E-state index in [9.17, 15) is 13.5 Å². The summed E-state index contributed by atoms with van der Waals surface area (Å²) in [5.41, 5.74) is 1.92. The maximum absolute atomic E-state index is 12.9. The molecule has 148 valence electrons. The third kappa shape index (κ3) is 4.78. The van der Waals surface area contributed by atoms with Crippen molar-refractivity contribution in [1.82, 2.24) is 14.5 Å². The number of rotatable bonds is 8. The molecule has 1 aromatic heterocycles. The fourth-order valence-corrected chi connectivity index (χ4v) is 5.49. The van der Waals surface area contributed by atoms with Gasteiger partial charge in [-0.05, 0) is 30.9 Å². The molecule has 2 heterocycles. The lowest BCUT2D eigenvalue weighted by Crippen LogP contribution is -2.32. The van der Waals surface area contributed by atoms with Crippen LogP contribution in [0.15, 0.2) is 41.7 Å². The van der Waals surface area contributed by atoms with Crippen molar-refractivity contribution in [2.45, 2.75) is 51.0 Å². The highest BCUT2D eigenvalue weighted by Crippen LogP contribution is 2.23. The molecule has 1 aliphatic heterocycles. The summed E-state index contributed by atoms with van der Waals surface area (Å²) < 4.78 is 27.6. The van der Waals surface area contributed by atoms with Crippen molar-refractivity contribution in [2.24, 2.45) is 5.92 Å². The Morgan fingerprint density at radius 3 is 2.63 bits per heavy atom. The second-order valence-electron chi connectivity index (χ2n) is 7.73. The first-order chi connectivity index (χ1) is 12.9. The molecule has 1 aliphatic rings. The fourth-order valence-electron chi connectivity index (χ4n) is 3.73. The van der Waals surface area contributed by atoms with Gasteiger partial charge in [-0.1, -0.05) is 44.2 Å². The Hall–Kier alpha value is -1.70. The molecule has 1 aromatic carbocycles. The van der Waals surface area contributed by atoms with Gasteiger partial charge in [0.15, 0.2) is 0 Å². The van der Waals surface area contributed by atoms with Gasteiger partial charge in [0.2, 0.25) is 15.0 Å². The van der Waals surface area contributed by atoms with Gasteiger partial charge in [-0.25, -0.2) is 13.4 Å². The van der Waals surface area contributed by atoms with Crippen LogP contribution in [-0.2, 0) is 22.9 Å². The van der Waals surface area contributed by atoms with E-state index in [-0.39, 0.29) is 29.5 Å². The Labute approximate surface area is 161 Å². The van der Waals surface area contributed by atoms with Crippen LogP contribution in [0, 0.1) is 5.92 Å². The smallest absolute Gasteiger partial charge is 0.228 e. The van der Waals surface area contributed by atoms with Crippen molar-refractivity contribution < 1.29 is 13.5 Å². The standard InChI is InChI=1S/C20H29N3O3S/c1-16(2)15-27(25,26)20-21-11-19(13-22-10-6-9-18(22)14-24)23(20)12-17-7-4-3-5-8-17/h3-5,7-8,11,16,18,24H,6,9-10,12-15H2,1-2H3/t18-/m0/s1. The Balaban J connectivity index is 1.95. The number of hydrogen-bond donors (Lipinski definition) is 1. The quantitative estimate of drug-likeness (QED) is 0.747. The second-order valence-corrected chi connectivity index (χ2v) is 9.66. The van der Waals surface area contributed by atoms with Gasteiger partial charge in [0, 0.05) is 12.6 Å². The average Bonchev–Trinajstić information content (AvgIpc) is 3.22. The van der Waals surface area contributed by atoms with Gasteiger partial charge in [0.05, 0.1) is 30.8 Å². The number of likely N-dealkylation sites (tertiary alicyclic amines) is 1. The number of aliphatic hydroxyl groups excluding tert-OH is 1. The van der Waals surface area contributed by atoms with Crippen LogP contribution >= 0.6 is 0 Å². The number of aliphatic hydroxyl groups is 1. The number of imidazole rings is 1. The SMILES string of the molecule is CC(C)CS(=O)(=O)c1ncc(CN2CCC[C@H]2CO)n1Cc1ccccc1.